The first kappa shape index (κ1) is 102. The minimum atomic E-state index is -4.95. The van der Waals surface area contributed by atoms with Gasteiger partial charge in [0.05, 0.1) is 26.4 Å². The molecule has 0 rings (SSSR count). The highest BCUT2D eigenvalue weighted by atomic mass is 31.2. The molecule has 0 amide bonds. The zero-order valence-corrected chi connectivity index (χ0v) is 68.5. The number of ether oxygens (including phenoxy) is 3. The van der Waals surface area contributed by atoms with Crippen LogP contribution in [0.5, 0.6) is 0 Å². The van der Waals surface area contributed by atoms with Gasteiger partial charge in [-0.1, -0.05) is 319 Å². The van der Waals surface area contributed by atoms with Crippen LogP contribution in [-0.4, -0.2) is 95.9 Å². The molecule has 5 atom stereocenters. The summed E-state index contributed by atoms with van der Waals surface area (Å²) in [5.74, 6) is -1.63. The van der Waals surface area contributed by atoms with Gasteiger partial charge in [0.25, 0.3) is 0 Å². The highest BCUT2D eigenvalue weighted by Gasteiger charge is 2.29. The number of hydrogen-bond acceptors (Lipinski definition) is 14. The molecule has 16 nitrogen and oxygen atoms in total. The van der Waals surface area contributed by atoms with Crippen LogP contribution in [0.25, 0.3) is 0 Å². The number of phosphoric ester groups is 2. The fraction of sp³-hybridized carbons (Fsp3) is 0.652. The number of hydrogen-bond donors (Lipinski definition) is 4. The van der Waals surface area contributed by atoms with Gasteiger partial charge in [-0.2, -0.15) is 0 Å². The summed E-state index contributed by atoms with van der Waals surface area (Å²) in [5.41, 5.74) is 0. The van der Waals surface area contributed by atoms with Crippen LogP contribution >= 0.6 is 15.6 Å². The average Bonchev–Trinajstić information content (AvgIpc) is 0.907. The largest absolute Gasteiger partial charge is 0.472 e. The van der Waals surface area contributed by atoms with E-state index in [-0.39, 0.29) is 19.3 Å². The molecule has 610 valence electrons. The molecule has 0 saturated carbocycles. The smallest absolute Gasteiger partial charge is 0.463 e. The molecular weight excluding hydrogens is 1390 g/mol. The molecule has 0 aliphatic heterocycles. The maximum atomic E-state index is 13.0. The van der Waals surface area contributed by atoms with Crippen LogP contribution in [0.4, 0.5) is 0 Å². The van der Waals surface area contributed by atoms with Gasteiger partial charge < -0.3 is 34.2 Å². The lowest BCUT2D eigenvalue weighted by molar-refractivity contribution is -0.161. The highest BCUT2D eigenvalue weighted by molar-refractivity contribution is 7.47. The summed E-state index contributed by atoms with van der Waals surface area (Å²) in [6, 6.07) is 0. The quantitative estimate of drug-likeness (QED) is 0.0146. The molecule has 0 radical (unpaired) electrons. The molecule has 0 aromatic carbocycles. The third kappa shape index (κ3) is 81.7. The van der Waals surface area contributed by atoms with Gasteiger partial charge in [-0.3, -0.25) is 32.5 Å². The van der Waals surface area contributed by atoms with Gasteiger partial charge in [0.2, 0.25) is 0 Å². The van der Waals surface area contributed by atoms with Crippen molar-refractivity contribution in [1.29, 1.82) is 0 Å². The molecule has 0 heterocycles. The predicted octanol–water partition coefficient (Wildman–Crippen LogP) is 24.8. The van der Waals surface area contributed by atoms with E-state index in [4.69, 9.17) is 32.3 Å². The number of aliphatic hydroxyl groups is 2. The number of aliphatic hydroxyl groups excluding tert-OH is 2. The molecule has 0 aromatic rings. The third-order valence-electron chi connectivity index (χ3n) is 16.9. The van der Waals surface area contributed by atoms with Gasteiger partial charge in [-0.15, -0.1) is 0 Å². The Morgan fingerprint density at radius 3 is 0.748 bits per heavy atom. The molecule has 18 heteroatoms. The zero-order valence-electron chi connectivity index (χ0n) is 66.7. The van der Waals surface area contributed by atoms with E-state index in [1.807, 2.05) is 0 Å². The minimum Gasteiger partial charge on any atom is -0.463 e. The SMILES string of the molecule is CC/C=C\C/C=C\C/C=C\C/C=C\C/C=C\C/C=C\CCCCCCCCCCCCCCCCCCC(=O)OCC(O)COP(=O)(O)OCC(O)COP(=O)(O)OCC(COC(=O)CCCCC/C=C\C/C=C\C/C=C\C/C=C\C/C=C\CC)OC(=O)CCCCCCCCC/C=C\C/C=C\C/C=C\CC. The lowest BCUT2D eigenvalue weighted by Gasteiger charge is -2.21. The summed E-state index contributed by atoms with van der Waals surface area (Å²) in [5, 5.41) is 20.7. The van der Waals surface area contributed by atoms with E-state index in [9.17, 15) is 43.5 Å². The van der Waals surface area contributed by atoms with E-state index in [0.29, 0.717) is 19.3 Å². The molecule has 0 fully saturated rings. The monoisotopic (exact) mass is 1540 g/mol. The van der Waals surface area contributed by atoms with Gasteiger partial charge >= 0.3 is 33.6 Å². The number of carbonyl (C=O) groups excluding carboxylic acids is 3. The molecule has 4 N–H and O–H groups in total. The van der Waals surface area contributed by atoms with E-state index >= 15 is 0 Å². The topological polar surface area (TPSA) is 231 Å². The first-order chi connectivity index (χ1) is 52.2. The molecule has 5 unspecified atom stereocenters. The molecular formula is C89H148O16P2. The Hall–Kier alpha value is -5.09. The lowest BCUT2D eigenvalue weighted by atomic mass is 10.0. The van der Waals surface area contributed by atoms with Gasteiger partial charge in [0.1, 0.15) is 25.4 Å². The molecule has 0 saturated heterocycles. The molecule has 0 aliphatic carbocycles. The van der Waals surface area contributed by atoms with Crippen molar-refractivity contribution in [3.05, 3.63) is 170 Å². The van der Waals surface area contributed by atoms with Crippen molar-refractivity contribution in [2.75, 3.05) is 39.6 Å². The summed E-state index contributed by atoms with van der Waals surface area (Å²) in [6.45, 7) is 2.30. The normalized spacial score (nSPS) is 14.8. The Balaban J connectivity index is 4.48. The standard InChI is InChI=1S/C89H148O16P2/c1-4-7-10-13-16-19-22-25-28-31-33-34-35-36-37-38-39-40-41-42-43-44-45-46-47-48-50-53-54-57-60-63-66-69-72-75-87(92)99-78-84(90)79-101-106(95,96)102-80-85(91)81-103-107(97,98)104-83-86(105-89(94)77-74-71-68-65-62-59-56-51-30-27-24-21-18-15-12-9-6-3)82-100-88(93)76-73-70-67-64-61-58-55-52-49-32-29-26-23-20-17-14-11-8-5-2/h7-12,16-21,25-30,33-34,36-37,39-40,49,52,58,61,84-86,90-91H,4-6,13-15,22-24,31-32,35,38,41-48,50-51,53-57,59-60,62-83H2,1-3H3,(H,95,96)(H,97,98)/b10-7-,11-8-,12-9-,19-16-,20-17-,21-18-,28-25-,29-26-,30-27-,34-33-,37-36-,40-39-,52-49-,61-58-. The van der Waals surface area contributed by atoms with Crippen molar-refractivity contribution >= 4 is 33.6 Å². The van der Waals surface area contributed by atoms with Crippen molar-refractivity contribution in [1.82, 2.24) is 0 Å². The van der Waals surface area contributed by atoms with Crippen LogP contribution in [0.1, 0.15) is 316 Å². The van der Waals surface area contributed by atoms with Gasteiger partial charge in [0.15, 0.2) is 6.10 Å². The van der Waals surface area contributed by atoms with E-state index in [0.717, 1.165) is 173 Å². The van der Waals surface area contributed by atoms with Gasteiger partial charge in [-0.05, 0) is 148 Å². The number of phosphoric acid groups is 2. The maximum Gasteiger partial charge on any atom is 0.472 e. The second kappa shape index (κ2) is 80.4. The van der Waals surface area contributed by atoms with Crippen molar-refractivity contribution in [3.63, 3.8) is 0 Å². The Kier molecular flexibility index (Phi) is 76.6. The van der Waals surface area contributed by atoms with Crippen molar-refractivity contribution in [3.8, 4) is 0 Å². The second-order valence-corrected chi connectivity index (χ2v) is 30.0. The van der Waals surface area contributed by atoms with E-state index < -0.39 is 91.5 Å². The summed E-state index contributed by atoms with van der Waals surface area (Å²) < 4.78 is 61.2. The van der Waals surface area contributed by atoms with E-state index in [2.05, 4.69) is 191 Å². The Morgan fingerprint density at radius 2 is 0.467 bits per heavy atom. The summed E-state index contributed by atoms with van der Waals surface area (Å²) >= 11 is 0. The summed E-state index contributed by atoms with van der Waals surface area (Å²) in [7, 11) is -9.81. The van der Waals surface area contributed by atoms with Crippen LogP contribution in [0, 0.1) is 0 Å². The molecule has 0 aliphatic rings. The fourth-order valence-electron chi connectivity index (χ4n) is 10.7. The summed E-state index contributed by atoms with van der Waals surface area (Å²) in [4.78, 5) is 58.7. The molecule has 0 aromatic heterocycles. The predicted molar refractivity (Wildman–Crippen MR) is 445 cm³/mol. The number of rotatable bonds is 77. The Labute approximate surface area is 650 Å². The second-order valence-electron chi connectivity index (χ2n) is 27.1. The van der Waals surface area contributed by atoms with Crippen molar-refractivity contribution < 1.29 is 75.8 Å². The van der Waals surface area contributed by atoms with E-state index in [1.165, 1.54) is 83.5 Å². The first-order valence-electron chi connectivity index (χ1n) is 41.4. The van der Waals surface area contributed by atoms with Gasteiger partial charge in [0, 0.05) is 19.3 Å². The van der Waals surface area contributed by atoms with E-state index in [1.54, 1.807) is 0 Å². The molecule has 0 spiro atoms. The van der Waals surface area contributed by atoms with Crippen LogP contribution in [0.3, 0.4) is 0 Å². The maximum absolute atomic E-state index is 13.0. The van der Waals surface area contributed by atoms with Crippen LogP contribution in [-0.2, 0) is 55.8 Å². The highest BCUT2D eigenvalue weighted by Crippen LogP contribution is 2.45. The van der Waals surface area contributed by atoms with Crippen LogP contribution in [0.15, 0.2) is 170 Å². The molecule has 107 heavy (non-hydrogen) atoms. The molecule has 0 bridgehead atoms. The first-order valence-corrected chi connectivity index (χ1v) is 44.4. The zero-order chi connectivity index (χ0) is 78.0. The van der Waals surface area contributed by atoms with Crippen molar-refractivity contribution in [2.45, 2.75) is 334 Å². The van der Waals surface area contributed by atoms with Crippen LogP contribution in [0.2, 0.25) is 0 Å². The lowest BCUT2D eigenvalue weighted by Crippen LogP contribution is -2.30. The summed E-state index contributed by atoms with van der Waals surface area (Å²) in [6.07, 6.45) is 103. The third-order valence-corrected chi connectivity index (χ3v) is 18.8. The average molecular weight is 1540 g/mol. The van der Waals surface area contributed by atoms with Crippen molar-refractivity contribution in [2.24, 2.45) is 0 Å². The minimum absolute atomic E-state index is 0.0810. The number of esters is 3. The fourth-order valence-corrected chi connectivity index (χ4v) is 12.3. The Bertz CT molecular complexity index is 2620. The van der Waals surface area contributed by atoms with Crippen LogP contribution < -0.4 is 0 Å². The number of unbranched alkanes of at least 4 members (excludes halogenated alkanes) is 26. The Morgan fingerprint density at radius 1 is 0.262 bits per heavy atom. The number of carbonyl (C=O) groups is 3. The van der Waals surface area contributed by atoms with Gasteiger partial charge in [-0.25, -0.2) is 9.13 Å². The number of allylic oxidation sites excluding steroid dienone is 28.